The van der Waals surface area contributed by atoms with Crippen LogP contribution >= 0.6 is 11.3 Å². The van der Waals surface area contributed by atoms with Crippen LogP contribution in [0.2, 0.25) is 0 Å². The predicted octanol–water partition coefficient (Wildman–Crippen LogP) is 5.91. The number of H-pyrrole nitrogens is 1. The highest BCUT2D eigenvalue weighted by Gasteiger charge is 2.18. The first-order valence-electron chi connectivity index (χ1n) is 8.29. The zero-order valence-corrected chi connectivity index (χ0v) is 14.1. The second-order valence-electron chi connectivity index (χ2n) is 6.32. The van der Waals surface area contributed by atoms with Gasteiger partial charge in [-0.05, 0) is 51.8 Å². The Kier molecular flexibility index (Phi) is 3.17. The average Bonchev–Trinajstić information content (AvgIpc) is 3.35. The molecule has 0 atom stereocenters. The molecule has 0 spiro atoms. The highest BCUT2D eigenvalue weighted by molar-refractivity contribution is 7.13. The van der Waals surface area contributed by atoms with Crippen LogP contribution in [0, 0.1) is 0 Å². The summed E-state index contributed by atoms with van der Waals surface area (Å²) >= 11 is 1.85. The number of benzene rings is 2. The second kappa shape index (κ2) is 5.50. The summed E-state index contributed by atoms with van der Waals surface area (Å²) in [6.45, 7) is 0. The normalized spacial score (nSPS) is 12.7. The summed E-state index contributed by atoms with van der Waals surface area (Å²) in [5, 5.41) is 2.18. The zero-order valence-electron chi connectivity index (χ0n) is 13.3. The smallest absolute Gasteiger partial charge is 0.0492 e. The molecule has 0 bridgehead atoms. The zero-order chi connectivity index (χ0) is 15.9. The van der Waals surface area contributed by atoms with Gasteiger partial charge in [0.25, 0.3) is 0 Å². The predicted molar refractivity (Wildman–Crippen MR) is 102 cm³/mol. The number of aromatic amines is 1. The second-order valence-corrected chi connectivity index (χ2v) is 7.24. The molecule has 0 aliphatic heterocycles. The van der Waals surface area contributed by atoms with E-state index in [1.165, 1.54) is 44.0 Å². The Labute approximate surface area is 145 Å². The first-order chi connectivity index (χ1) is 11.9. The molecule has 2 aliphatic rings. The van der Waals surface area contributed by atoms with Gasteiger partial charge in [-0.25, -0.2) is 0 Å². The molecular weight excluding hydrogens is 310 g/mol. The summed E-state index contributed by atoms with van der Waals surface area (Å²) in [4.78, 5) is 4.75. The first kappa shape index (κ1) is 13.8. The molecule has 116 valence electrons. The quantitative estimate of drug-likeness (QED) is 0.357. The molecule has 2 heteroatoms. The molecule has 1 nitrogen and oxygen atoms in total. The van der Waals surface area contributed by atoms with Crippen molar-refractivity contribution in [3.63, 3.8) is 0 Å². The van der Waals surface area contributed by atoms with E-state index < -0.39 is 0 Å². The third kappa shape index (κ3) is 2.15. The van der Waals surface area contributed by atoms with Gasteiger partial charge < -0.3 is 4.98 Å². The minimum atomic E-state index is 1.09. The summed E-state index contributed by atoms with van der Waals surface area (Å²) in [6, 6.07) is 21.7. The van der Waals surface area contributed by atoms with Gasteiger partial charge in [-0.3, -0.25) is 0 Å². The lowest BCUT2D eigenvalue weighted by atomic mass is 10.1. The van der Waals surface area contributed by atoms with Crippen molar-refractivity contribution in [3.05, 3.63) is 94.5 Å². The lowest BCUT2D eigenvalue weighted by molar-refractivity contribution is 1.27. The molecule has 0 amide bonds. The van der Waals surface area contributed by atoms with Crippen molar-refractivity contribution in [1.82, 2.24) is 4.98 Å². The van der Waals surface area contributed by atoms with Crippen LogP contribution in [0.5, 0.6) is 0 Å². The van der Waals surface area contributed by atoms with Crippen LogP contribution < -0.4 is 0 Å². The molecule has 24 heavy (non-hydrogen) atoms. The van der Waals surface area contributed by atoms with Gasteiger partial charge in [0.15, 0.2) is 0 Å². The Morgan fingerprint density at radius 2 is 1.38 bits per heavy atom. The average molecular weight is 327 g/mol. The fourth-order valence-electron chi connectivity index (χ4n) is 3.74. The molecule has 0 fully saturated rings. The van der Waals surface area contributed by atoms with E-state index in [1.54, 1.807) is 0 Å². The molecule has 1 N–H and O–H groups in total. The topological polar surface area (TPSA) is 15.8 Å². The fourth-order valence-corrected chi connectivity index (χ4v) is 4.72. The molecule has 4 aromatic rings. The minimum Gasteiger partial charge on any atom is -0.361 e. The molecule has 2 aromatic heterocycles. The number of nitrogens with one attached hydrogen (secondary N) is 1. The molecule has 0 unspecified atom stereocenters. The number of thiophene rings is 1. The van der Waals surface area contributed by atoms with Crippen molar-refractivity contribution in [3.8, 4) is 21.7 Å². The van der Waals surface area contributed by atoms with Gasteiger partial charge in [0.05, 0.1) is 0 Å². The van der Waals surface area contributed by atoms with Crippen molar-refractivity contribution in [2.75, 3.05) is 0 Å². The van der Waals surface area contributed by atoms with E-state index in [9.17, 15) is 0 Å². The number of hydrogen-bond donors (Lipinski definition) is 1. The van der Waals surface area contributed by atoms with Crippen LogP contribution in [0.4, 0.5) is 0 Å². The lowest BCUT2D eigenvalue weighted by Gasteiger charge is -1.96. The largest absolute Gasteiger partial charge is 0.361 e. The summed E-state index contributed by atoms with van der Waals surface area (Å²) in [7, 11) is 0. The van der Waals surface area contributed by atoms with Crippen LogP contribution in [0.25, 0.3) is 21.7 Å². The third-order valence-corrected chi connectivity index (χ3v) is 5.88. The minimum absolute atomic E-state index is 1.09. The van der Waals surface area contributed by atoms with E-state index in [0.717, 1.165) is 12.8 Å². The van der Waals surface area contributed by atoms with E-state index in [0.29, 0.717) is 0 Å². The molecule has 2 aromatic carbocycles. The molecule has 2 aliphatic carbocycles. The summed E-state index contributed by atoms with van der Waals surface area (Å²) in [5.74, 6) is 0. The Hall–Kier alpha value is -2.58. The molecule has 2 heterocycles. The first-order valence-corrected chi connectivity index (χ1v) is 9.17. The van der Waals surface area contributed by atoms with E-state index in [-0.39, 0.29) is 0 Å². The van der Waals surface area contributed by atoms with Gasteiger partial charge >= 0.3 is 0 Å². The van der Waals surface area contributed by atoms with Gasteiger partial charge in [-0.1, -0.05) is 48.5 Å². The van der Waals surface area contributed by atoms with Gasteiger partial charge in [-0.15, -0.1) is 11.3 Å². The van der Waals surface area contributed by atoms with Crippen molar-refractivity contribution in [2.45, 2.75) is 12.8 Å². The Bertz CT molecular complexity index is 938. The summed E-state index contributed by atoms with van der Waals surface area (Å²) < 4.78 is 0. The molecular formula is C22H17NS. The van der Waals surface area contributed by atoms with Crippen LogP contribution in [-0.4, -0.2) is 4.98 Å². The van der Waals surface area contributed by atoms with Gasteiger partial charge in [0.1, 0.15) is 0 Å². The van der Waals surface area contributed by atoms with Crippen LogP contribution in [0.3, 0.4) is 0 Å². The monoisotopic (exact) mass is 327 g/mol. The van der Waals surface area contributed by atoms with E-state index in [1.807, 2.05) is 17.5 Å². The maximum absolute atomic E-state index is 3.27. The number of rotatable bonds is 0. The van der Waals surface area contributed by atoms with Crippen LogP contribution in [-0.2, 0) is 12.8 Å². The SMILES string of the molecule is c1ccc2c(c1)Cc1cc[nH]c1-2.c1ccc2c(c1)Cc1ccsc1-2. The molecule has 0 saturated heterocycles. The highest BCUT2D eigenvalue weighted by Crippen LogP contribution is 2.39. The molecule has 0 radical (unpaired) electrons. The third-order valence-electron chi connectivity index (χ3n) is 4.89. The van der Waals surface area contributed by atoms with Crippen molar-refractivity contribution in [1.29, 1.82) is 0 Å². The van der Waals surface area contributed by atoms with Gasteiger partial charge in [-0.2, -0.15) is 0 Å². The van der Waals surface area contributed by atoms with Crippen LogP contribution in [0.15, 0.2) is 72.2 Å². The lowest BCUT2D eigenvalue weighted by Crippen LogP contribution is -1.78. The Morgan fingerprint density at radius 1 is 0.667 bits per heavy atom. The number of fused-ring (bicyclic) bond motifs is 6. The number of hydrogen-bond acceptors (Lipinski definition) is 1. The van der Waals surface area contributed by atoms with E-state index in [2.05, 4.69) is 71.0 Å². The van der Waals surface area contributed by atoms with Gasteiger partial charge in [0, 0.05) is 28.8 Å². The van der Waals surface area contributed by atoms with Crippen molar-refractivity contribution < 1.29 is 0 Å². The Morgan fingerprint density at radius 3 is 2.25 bits per heavy atom. The van der Waals surface area contributed by atoms with Crippen molar-refractivity contribution in [2.24, 2.45) is 0 Å². The van der Waals surface area contributed by atoms with E-state index in [4.69, 9.17) is 0 Å². The fraction of sp³-hybridized carbons (Fsp3) is 0.0909. The number of aromatic nitrogens is 1. The summed E-state index contributed by atoms with van der Waals surface area (Å²) in [6.07, 6.45) is 4.24. The van der Waals surface area contributed by atoms with Crippen LogP contribution in [0.1, 0.15) is 22.3 Å². The molecule has 6 rings (SSSR count). The van der Waals surface area contributed by atoms with E-state index >= 15 is 0 Å². The maximum Gasteiger partial charge on any atom is 0.0492 e. The summed E-state index contributed by atoms with van der Waals surface area (Å²) in [5.41, 5.74) is 9.99. The Balaban J connectivity index is 0.000000109. The van der Waals surface area contributed by atoms with Crippen molar-refractivity contribution >= 4 is 11.3 Å². The molecule has 0 saturated carbocycles. The standard InChI is InChI=1S/C11H9N.C11H8S/c2*1-2-4-10-8(3-1)7-9-5-6-12-11(9)10/h1-6,12H,7H2;1-6H,7H2. The highest BCUT2D eigenvalue weighted by atomic mass is 32.1. The maximum atomic E-state index is 3.27. The van der Waals surface area contributed by atoms with Gasteiger partial charge in [0.2, 0.25) is 0 Å².